The Balaban J connectivity index is 0.000000285. The summed E-state index contributed by atoms with van der Waals surface area (Å²) in [5, 5.41) is -8.34. The number of aromatic amines is 1. The number of halogens is 6. The Morgan fingerprint density at radius 2 is 1.32 bits per heavy atom. The molecule has 198 valence electrons. The number of para-hydroxylation sites is 2. The highest BCUT2D eigenvalue weighted by Crippen LogP contribution is 2.54. The molecular weight excluding hydrogens is 624 g/mol. The number of rotatable bonds is 5. The van der Waals surface area contributed by atoms with Gasteiger partial charge in [0, 0.05) is 4.90 Å². The number of fused-ring (bicyclic) bond motifs is 2. The molecule has 5 aromatic rings. The minimum Gasteiger partial charge on any atom is -0.337 e. The number of alkyl halides is 6. The van der Waals surface area contributed by atoms with Crippen LogP contribution in [0.4, 0.5) is 17.6 Å². The first-order valence-corrected chi connectivity index (χ1v) is 14.6. The van der Waals surface area contributed by atoms with Crippen LogP contribution < -0.4 is 0 Å². The molecule has 0 amide bonds. The van der Waals surface area contributed by atoms with Crippen LogP contribution in [0.25, 0.3) is 20.4 Å². The number of benzene rings is 3. The Labute approximate surface area is 243 Å². The predicted octanol–water partition coefficient (Wildman–Crippen LogP) is 11.4. The first-order valence-electron chi connectivity index (χ1n) is 9.89. The van der Waals surface area contributed by atoms with Gasteiger partial charge in [-0.05, 0) is 72.1 Å². The molecular formula is C24H20Cl2F4N2S5. The second kappa shape index (κ2) is 14.7. The van der Waals surface area contributed by atoms with Crippen molar-refractivity contribution in [1.82, 2.24) is 9.97 Å². The van der Waals surface area contributed by atoms with Gasteiger partial charge in [-0.3, -0.25) is 0 Å². The number of hydrogen-bond donors (Lipinski definition) is 1. The van der Waals surface area contributed by atoms with Gasteiger partial charge >= 0.3 is 10.5 Å². The number of thioether (sulfide) groups is 2. The number of nitrogens with zero attached hydrogens (tertiary/aromatic N) is 1. The fourth-order valence-corrected chi connectivity index (χ4v) is 6.66. The second-order valence-corrected chi connectivity index (χ2v) is 12.7. The van der Waals surface area contributed by atoms with E-state index in [4.69, 9.17) is 35.4 Å². The van der Waals surface area contributed by atoms with Gasteiger partial charge in [0.25, 0.3) is 0 Å². The average Bonchev–Trinajstić information content (AvgIpc) is 3.41. The minimum atomic E-state index is -4.28. The highest BCUT2D eigenvalue weighted by molar-refractivity contribution is 8.05. The molecule has 2 aromatic heterocycles. The maximum atomic E-state index is 14.1. The Morgan fingerprint density at radius 1 is 0.784 bits per heavy atom. The predicted molar refractivity (Wildman–Crippen MR) is 158 cm³/mol. The number of nitrogens with one attached hydrogen (secondary N) is 1. The van der Waals surface area contributed by atoms with Gasteiger partial charge in [-0.25, -0.2) is 4.98 Å². The Kier molecular flexibility index (Phi) is 12.7. The summed E-state index contributed by atoms with van der Waals surface area (Å²) < 4.78 is 58.8. The molecule has 0 radical (unpaired) electrons. The van der Waals surface area contributed by atoms with Gasteiger partial charge in [0.15, 0.2) is 8.29 Å². The van der Waals surface area contributed by atoms with Gasteiger partial charge in [-0.2, -0.15) is 17.6 Å². The number of hydrogen-bond acceptors (Lipinski definition) is 6. The van der Waals surface area contributed by atoms with Crippen LogP contribution >= 0.6 is 81.6 Å². The maximum absolute atomic E-state index is 14.1. The molecule has 2 nitrogen and oxygen atoms in total. The van der Waals surface area contributed by atoms with Crippen LogP contribution in [0.2, 0.25) is 0 Å². The lowest BCUT2D eigenvalue weighted by Gasteiger charge is -2.24. The van der Waals surface area contributed by atoms with E-state index < -0.39 is 10.5 Å². The Morgan fingerprint density at radius 3 is 1.95 bits per heavy atom. The fraction of sp³-hybridized carbons (Fsp3) is 0.167. The zero-order valence-electron chi connectivity index (χ0n) is 18.0. The quantitative estimate of drug-likeness (QED) is 0.0893. The summed E-state index contributed by atoms with van der Waals surface area (Å²) in [4.78, 5) is 7.15. The third-order valence-electron chi connectivity index (χ3n) is 4.14. The van der Waals surface area contributed by atoms with E-state index in [1.165, 1.54) is 29.0 Å². The normalized spacial score (nSPS) is 11.2. The zero-order valence-corrected chi connectivity index (χ0v) is 23.6. The highest BCUT2D eigenvalue weighted by Gasteiger charge is 2.58. The van der Waals surface area contributed by atoms with Gasteiger partial charge in [-0.1, -0.05) is 49.9 Å². The van der Waals surface area contributed by atoms with E-state index in [2.05, 4.69) is 16.0 Å². The summed E-state index contributed by atoms with van der Waals surface area (Å²) in [6.45, 7) is 0. The molecule has 5 rings (SSSR count). The molecule has 0 atom stereocenters. The molecule has 1 N–H and O–H groups in total. The summed E-state index contributed by atoms with van der Waals surface area (Å²) in [5.74, 6) is 0. The summed E-state index contributed by atoms with van der Waals surface area (Å²) >= 11 is 16.7. The fourth-order valence-electron chi connectivity index (χ4n) is 2.65. The van der Waals surface area contributed by atoms with Crippen molar-refractivity contribution in [2.75, 3.05) is 5.34 Å². The SMILES string of the molecule is C.ClCCl.FC(F)(Sc1ccccc1)C(F)(F)Sc1nc2ccccc2s1.S=c1[nH]c2ccccc2s1. The van der Waals surface area contributed by atoms with Crippen LogP contribution in [0.1, 0.15) is 7.43 Å². The van der Waals surface area contributed by atoms with Gasteiger partial charge < -0.3 is 4.98 Å². The van der Waals surface area contributed by atoms with Crippen molar-refractivity contribution in [2.45, 2.75) is 27.2 Å². The number of aromatic nitrogens is 2. The van der Waals surface area contributed by atoms with Gasteiger partial charge in [0.1, 0.15) is 0 Å². The van der Waals surface area contributed by atoms with Crippen LogP contribution in [-0.4, -0.2) is 25.8 Å². The van der Waals surface area contributed by atoms with Crippen LogP contribution in [0.3, 0.4) is 0 Å². The molecule has 0 spiro atoms. The van der Waals surface area contributed by atoms with Gasteiger partial charge in [0.2, 0.25) is 0 Å². The summed E-state index contributed by atoms with van der Waals surface area (Å²) in [7, 11) is 0. The Bertz CT molecular complexity index is 1370. The monoisotopic (exact) mass is 642 g/mol. The van der Waals surface area contributed by atoms with Crippen molar-refractivity contribution >= 4 is 102 Å². The second-order valence-electron chi connectivity index (χ2n) is 6.61. The van der Waals surface area contributed by atoms with Crippen molar-refractivity contribution in [2.24, 2.45) is 0 Å². The summed E-state index contributed by atoms with van der Waals surface area (Å²) in [6, 6.07) is 22.4. The smallest absolute Gasteiger partial charge is 0.337 e. The molecule has 0 unspecified atom stereocenters. The third kappa shape index (κ3) is 9.12. The topological polar surface area (TPSA) is 28.7 Å². The summed E-state index contributed by atoms with van der Waals surface area (Å²) in [5.41, 5.74) is 1.66. The van der Waals surface area contributed by atoms with Crippen molar-refractivity contribution in [1.29, 1.82) is 0 Å². The van der Waals surface area contributed by atoms with Crippen LogP contribution in [0, 0.1) is 3.95 Å². The van der Waals surface area contributed by atoms with Crippen molar-refractivity contribution < 1.29 is 17.6 Å². The van der Waals surface area contributed by atoms with E-state index in [9.17, 15) is 17.6 Å². The molecule has 2 heterocycles. The lowest BCUT2D eigenvalue weighted by molar-refractivity contribution is -0.0834. The van der Waals surface area contributed by atoms with Crippen molar-refractivity contribution in [3.63, 3.8) is 0 Å². The molecule has 3 aromatic carbocycles. The van der Waals surface area contributed by atoms with E-state index in [1.54, 1.807) is 41.7 Å². The van der Waals surface area contributed by atoms with Crippen LogP contribution in [-0.2, 0) is 0 Å². The van der Waals surface area contributed by atoms with Crippen LogP contribution in [0.15, 0.2) is 88.1 Å². The first kappa shape index (κ1) is 31.9. The van der Waals surface area contributed by atoms with Gasteiger partial charge in [0.05, 0.1) is 25.8 Å². The molecule has 0 aliphatic carbocycles. The maximum Gasteiger partial charge on any atom is 0.372 e. The lowest BCUT2D eigenvalue weighted by atomic mass is 10.3. The zero-order chi connectivity index (χ0) is 26.2. The third-order valence-corrected chi connectivity index (χ3v) is 8.62. The van der Waals surface area contributed by atoms with Crippen molar-refractivity contribution in [3.05, 3.63) is 82.8 Å². The molecule has 0 fully saturated rings. The van der Waals surface area contributed by atoms with E-state index >= 15 is 0 Å². The van der Waals surface area contributed by atoms with Gasteiger partial charge in [-0.15, -0.1) is 45.9 Å². The highest BCUT2D eigenvalue weighted by atomic mass is 35.5. The molecule has 13 heteroatoms. The van der Waals surface area contributed by atoms with E-state index in [0.717, 1.165) is 20.8 Å². The minimum absolute atomic E-state index is 0. The average molecular weight is 644 g/mol. The van der Waals surface area contributed by atoms with Crippen LogP contribution in [0.5, 0.6) is 0 Å². The van der Waals surface area contributed by atoms with E-state index in [0.29, 0.717) is 10.2 Å². The number of thiazole rings is 2. The largest absolute Gasteiger partial charge is 0.372 e. The van der Waals surface area contributed by atoms with E-state index in [1.807, 2.05) is 18.2 Å². The molecule has 0 saturated carbocycles. The summed E-state index contributed by atoms with van der Waals surface area (Å²) in [6.07, 6.45) is 0. The molecule has 0 bridgehead atoms. The number of H-pyrrole nitrogens is 1. The molecule has 0 aliphatic heterocycles. The first-order chi connectivity index (χ1) is 17.1. The Hall–Kier alpha value is -1.34. The molecule has 0 aliphatic rings. The molecule has 0 saturated heterocycles. The van der Waals surface area contributed by atoms with Crippen molar-refractivity contribution in [3.8, 4) is 0 Å². The lowest BCUT2D eigenvalue weighted by Crippen LogP contribution is -2.34. The molecule has 37 heavy (non-hydrogen) atoms. The van der Waals surface area contributed by atoms with E-state index in [-0.39, 0.29) is 45.5 Å². The standard InChI is InChI=1S/C15H9F4NS3.C7H5NS2.CH2Cl2.CH4/c16-14(17,22-10-6-2-1-3-7-10)15(18,19)23-13-20-11-8-4-5-9-12(11)21-13;9-7-8-5-3-1-2-4-6(5)10-7;2-1-3;/h1-9H;1-4H,(H,8,9);1H2;1H4.